The minimum absolute atomic E-state index is 0.0381. The van der Waals surface area contributed by atoms with Crippen molar-refractivity contribution in [3.8, 4) is 17.2 Å². The predicted molar refractivity (Wildman–Crippen MR) is 80.4 cm³/mol. The number of rotatable bonds is 6. The van der Waals surface area contributed by atoms with Gasteiger partial charge in [0.2, 0.25) is 12.7 Å². The summed E-state index contributed by atoms with van der Waals surface area (Å²) in [5.41, 5.74) is 0. The van der Waals surface area contributed by atoms with Crippen molar-refractivity contribution >= 4 is 5.91 Å². The average Bonchev–Trinajstić information content (AvgIpc) is 3.00. The van der Waals surface area contributed by atoms with Gasteiger partial charge >= 0.3 is 0 Å². The average molecular weight is 307 g/mol. The molecule has 0 atom stereocenters. The van der Waals surface area contributed by atoms with E-state index in [4.69, 9.17) is 14.2 Å². The zero-order valence-electron chi connectivity index (χ0n) is 12.5. The molecule has 2 heterocycles. The lowest BCUT2D eigenvalue weighted by atomic mass is 10.3. The SMILES string of the molecule is O=C(CN1CCNCC1)NCCOc1ccc2c(c1)OCO2. The molecule has 7 heteroatoms. The van der Waals surface area contributed by atoms with Gasteiger partial charge in [-0.2, -0.15) is 0 Å². The molecular formula is C15H21N3O4. The Kier molecular flexibility index (Phi) is 4.97. The van der Waals surface area contributed by atoms with Gasteiger partial charge in [0.15, 0.2) is 11.5 Å². The molecule has 1 amide bonds. The first-order valence-corrected chi connectivity index (χ1v) is 7.53. The fourth-order valence-corrected chi connectivity index (χ4v) is 2.45. The quantitative estimate of drug-likeness (QED) is 0.710. The van der Waals surface area contributed by atoms with Crippen molar-refractivity contribution < 1.29 is 19.0 Å². The first-order valence-electron chi connectivity index (χ1n) is 7.53. The van der Waals surface area contributed by atoms with Gasteiger partial charge in [-0.15, -0.1) is 0 Å². The molecule has 1 saturated heterocycles. The number of piperazine rings is 1. The van der Waals surface area contributed by atoms with Crippen LogP contribution < -0.4 is 24.8 Å². The van der Waals surface area contributed by atoms with E-state index in [0.29, 0.717) is 31.2 Å². The highest BCUT2D eigenvalue weighted by Gasteiger charge is 2.14. The molecule has 2 N–H and O–H groups in total. The lowest BCUT2D eigenvalue weighted by molar-refractivity contribution is -0.122. The van der Waals surface area contributed by atoms with Crippen LogP contribution in [0.15, 0.2) is 18.2 Å². The highest BCUT2D eigenvalue weighted by atomic mass is 16.7. The van der Waals surface area contributed by atoms with Crippen molar-refractivity contribution in [2.24, 2.45) is 0 Å². The molecule has 0 bridgehead atoms. The molecule has 120 valence electrons. The Labute approximate surface area is 129 Å². The van der Waals surface area contributed by atoms with Crippen LogP contribution in [0.3, 0.4) is 0 Å². The summed E-state index contributed by atoms with van der Waals surface area (Å²) in [4.78, 5) is 14.0. The van der Waals surface area contributed by atoms with E-state index in [2.05, 4.69) is 15.5 Å². The molecule has 0 aromatic heterocycles. The number of benzene rings is 1. The summed E-state index contributed by atoms with van der Waals surface area (Å²) in [6.45, 7) is 5.34. The van der Waals surface area contributed by atoms with Crippen LogP contribution in [0.25, 0.3) is 0 Å². The van der Waals surface area contributed by atoms with Crippen molar-refractivity contribution in [1.82, 2.24) is 15.5 Å². The summed E-state index contributed by atoms with van der Waals surface area (Å²) in [5, 5.41) is 6.13. The number of amides is 1. The lowest BCUT2D eigenvalue weighted by Gasteiger charge is -2.26. The van der Waals surface area contributed by atoms with Crippen molar-refractivity contribution in [2.45, 2.75) is 0 Å². The molecule has 0 saturated carbocycles. The molecular weight excluding hydrogens is 286 g/mol. The standard InChI is InChI=1S/C15H21N3O4/c19-15(10-18-6-3-16-4-7-18)17-5-8-20-12-1-2-13-14(9-12)22-11-21-13/h1-2,9,16H,3-8,10-11H2,(H,17,19). The molecule has 3 rings (SSSR count). The first kappa shape index (κ1) is 14.9. The van der Waals surface area contributed by atoms with Crippen LogP contribution in [0.2, 0.25) is 0 Å². The van der Waals surface area contributed by atoms with Crippen LogP contribution in [-0.4, -0.2) is 63.5 Å². The monoisotopic (exact) mass is 307 g/mol. The van der Waals surface area contributed by atoms with Crippen LogP contribution in [0.5, 0.6) is 17.2 Å². The van der Waals surface area contributed by atoms with Gasteiger partial charge in [0, 0.05) is 32.2 Å². The molecule has 1 fully saturated rings. The largest absolute Gasteiger partial charge is 0.492 e. The van der Waals surface area contributed by atoms with Crippen LogP contribution in [0, 0.1) is 0 Å². The Morgan fingerprint density at radius 3 is 2.95 bits per heavy atom. The van der Waals surface area contributed by atoms with Gasteiger partial charge in [-0.1, -0.05) is 0 Å². The maximum absolute atomic E-state index is 11.8. The molecule has 0 aliphatic carbocycles. The number of nitrogens with one attached hydrogen (secondary N) is 2. The summed E-state index contributed by atoms with van der Waals surface area (Å²) in [6, 6.07) is 5.45. The van der Waals surface area contributed by atoms with Gasteiger partial charge in [-0.3, -0.25) is 9.69 Å². The maximum Gasteiger partial charge on any atom is 0.234 e. The Bertz CT molecular complexity index is 518. The van der Waals surface area contributed by atoms with E-state index in [1.807, 2.05) is 12.1 Å². The zero-order valence-corrected chi connectivity index (χ0v) is 12.5. The predicted octanol–water partition coefficient (Wildman–Crippen LogP) is -0.184. The van der Waals surface area contributed by atoms with Gasteiger partial charge < -0.3 is 24.8 Å². The van der Waals surface area contributed by atoms with Crippen LogP contribution in [0.4, 0.5) is 0 Å². The molecule has 1 aromatic rings. The van der Waals surface area contributed by atoms with Crippen molar-refractivity contribution in [1.29, 1.82) is 0 Å². The number of carbonyl (C=O) groups is 1. The third-order valence-corrected chi connectivity index (χ3v) is 3.61. The lowest BCUT2D eigenvalue weighted by Crippen LogP contribution is -2.47. The highest BCUT2D eigenvalue weighted by Crippen LogP contribution is 2.34. The number of carbonyl (C=O) groups excluding carboxylic acids is 1. The Morgan fingerprint density at radius 2 is 2.09 bits per heavy atom. The molecule has 22 heavy (non-hydrogen) atoms. The van der Waals surface area contributed by atoms with E-state index in [-0.39, 0.29) is 12.7 Å². The summed E-state index contributed by atoms with van der Waals surface area (Å²) >= 11 is 0. The highest BCUT2D eigenvalue weighted by molar-refractivity contribution is 5.78. The van der Waals surface area contributed by atoms with Gasteiger partial charge in [0.1, 0.15) is 12.4 Å². The number of ether oxygens (including phenoxy) is 3. The van der Waals surface area contributed by atoms with Crippen molar-refractivity contribution in [2.75, 3.05) is 52.7 Å². The van der Waals surface area contributed by atoms with Gasteiger partial charge in [0.25, 0.3) is 0 Å². The zero-order chi connectivity index (χ0) is 15.2. The number of nitrogens with zero attached hydrogens (tertiary/aromatic N) is 1. The molecule has 0 radical (unpaired) electrons. The van der Waals surface area contributed by atoms with E-state index in [1.54, 1.807) is 6.07 Å². The van der Waals surface area contributed by atoms with E-state index in [1.165, 1.54) is 0 Å². The third kappa shape index (κ3) is 4.02. The summed E-state index contributed by atoms with van der Waals surface area (Å²) in [6.07, 6.45) is 0. The fourth-order valence-electron chi connectivity index (χ4n) is 2.45. The molecule has 2 aliphatic heterocycles. The molecule has 0 unspecified atom stereocenters. The fraction of sp³-hybridized carbons (Fsp3) is 0.533. The van der Waals surface area contributed by atoms with Crippen LogP contribution >= 0.6 is 0 Å². The third-order valence-electron chi connectivity index (χ3n) is 3.61. The van der Waals surface area contributed by atoms with Crippen LogP contribution in [0.1, 0.15) is 0 Å². The Balaban J connectivity index is 1.34. The van der Waals surface area contributed by atoms with E-state index in [0.717, 1.165) is 31.9 Å². The molecule has 2 aliphatic rings. The summed E-state index contributed by atoms with van der Waals surface area (Å²) < 4.78 is 16.1. The van der Waals surface area contributed by atoms with E-state index >= 15 is 0 Å². The molecule has 7 nitrogen and oxygen atoms in total. The smallest absolute Gasteiger partial charge is 0.234 e. The minimum atomic E-state index is 0.0381. The first-order chi connectivity index (χ1) is 10.8. The number of fused-ring (bicyclic) bond motifs is 1. The normalized spacial score (nSPS) is 17.3. The number of hydrogen-bond acceptors (Lipinski definition) is 6. The van der Waals surface area contributed by atoms with E-state index < -0.39 is 0 Å². The van der Waals surface area contributed by atoms with Crippen molar-refractivity contribution in [3.05, 3.63) is 18.2 Å². The molecule has 0 spiro atoms. The summed E-state index contributed by atoms with van der Waals surface area (Å²) in [5.74, 6) is 2.17. The van der Waals surface area contributed by atoms with Crippen LogP contribution in [-0.2, 0) is 4.79 Å². The van der Waals surface area contributed by atoms with Crippen molar-refractivity contribution in [3.63, 3.8) is 0 Å². The van der Waals surface area contributed by atoms with Gasteiger partial charge in [-0.25, -0.2) is 0 Å². The second-order valence-electron chi connectivity index (χ2n) is 5.24. The van der Waals surface area contributed by atoms with Gasteiger partial charge in [0.05, 0.1) is 13.1 Å². The second kappa shape index (κ2) is 7.33. The molecule has 1 aromatic carbocycles. The second-order valence-corrected chi connectivity index (χ2v) is 5.24. The summed E-state index contributed by atoms with van der Waals surface area (Å²) in [7, 11) is 0. The number of hydrogen-bond donors (Lipinski definition) is 2. The topological polar surface area (TPSA) is 72.1 Å². The Morgan fingerprint density at radius 1 is 1.27 bits per heavy atom. The Hall–Kier alpha value is -1.99. The van der Waals surface area contributed by atoms with E-state index in [9.17, 15) is 4.79 Å². The maximum atomic E-state index is 11.8. The minimum Gasteiger partial charge on any atom is -0.492 e. The van der Waals surface area contributed by atoms with Gasteiger partial charge in [-0.05, 0) is 12.1 Å².